The second-order valence-corrected chi connectivity index (χ2v) is 8.10. The third-order valence-corrected chi connectivity index (χ3v) is 5.46. The third kappa shape index (κ3) is 4.02. The Morgan fingerprint density at radius 3 is 2.16 bits per heavy atom. The van der Waals surface area contributed by atoms with Gasteiger partial charge in [-0.3, -0.25) is 9.59 Å². The fourth-order valence-corrected chi connectivity index (χ4v) is 3.75. The molecule has 0 radical (unpaired) electrons. The number of anilines is 2. The van der Waals surface area contributed by atoms with Crippen molar-refractivity contribution in [3.05, 3.63) is 95.2 Å². The predicted molar refractivity (Wildman–Crippen MR) is 128 cm³/mol. The third-order valence-electron chi connectivity index (χ3n) is 5.46. The van der Waals surface area contributed by atoms with E-state index in [2.05, 4.69) is 5.32 Å². The molecule has 0 bridgehead atoms. The van der Waals surface area contributed by atoms with Gasteiger partial charge in [0.05, 0.1) is 17.4 Å². The summed E-state index contributed by atoms with van der Waals surface area (Å²) in [4.78, 5) is 28.4. The molecule has 2 amide bonds. The summed E-state index contributed by atoms with van der Waals surface area (Å²) in [6, 6.07) is 22.3. The minimum atomic E-state index is -0.370. The molecule has 1 N–H and O–H groups in total. The molecule has 0 aliphatic carbocycles. The van der Waals surface area contributed by atoms with Crippen LogP contribution in [0.15, 0.2) is 78.5 Å². The number of nitrogens with zero attached hydrogens (tertiary/aromatic N) is 1. The molecule has 32 heavy (non-hydrogen) atoms. The zero-order chi connectivity index (χ0) is 22.8. The predicted octanol–water partition coefficient (Wildman–Crippen LogP) is 5.49. The van der Waals surface area contributed by atoms with E-state index in [0.717, 1.165) is 16.9 Å². The van der Waals surface area contributed by atoms with Crippen molar-refractivity contribution in [2.75, 3.05) is 10.2 Å². The first-order valence-corrected chi connectivity index (χ1v) is 10.6. The van der Waals surface area contributed by atoms with Gasteiger partial charge in [0.15, 0.2) is 0 Å². The Labute approximate surface area is 188 Å². The van der Waals surface area contributed by atoms with Crippen molar-refractivity contribution in [2.45, 2.75) is 33.8 Å². The van der Waals surface area contributed by atoms with E-state index in [4.69, 9.17) is 4.74 Å². The molecule has 1 heterocycles. The van der Waals surface area contributed by atoms with Gasteiger partial charge in [0, 0.05) is 5.69 Å². The van der Waals surface area contributed by atoms with Crippen LogP contribution in [-0.4, -0.2) is 17.9 Å². The van der Waals surface area contributed by atoms with E-state index in [1.165, 1.54) is 4.90 Å². The maximum Gasteiger partial charge on any atom is 0.282 e. The van der Waals surface area contributed by atoms with E-state index in [1.54, 1.807) is 0 Å². The number of hydrogen-bond donors (Lipinski definition) is 1. The quantitative estimate of drug-likeness (QED) is 0.530. The van der Waals surface area contributed by atoms with E-state index in [1.807, 2.05) is 100 Å². The highest BCUT2D eigenvalue weighted by atomic mass is 16.5. The van der Waals surface area contributed by atoms with Gasteiger partial charge in [-0.2, -0.15) is 0 Å². The molecule has 1 aliphatic rings. The second-order valence-electron chi connectivity index (χ2n) is 8.10. The van der Waals surface area contributed by atoms with Crippen LogP contribution < -0.4 is 15.0 Å². The SMILES string of the molecule is Cc1cccc(N2C(=O)C(Nc3ccc(OC(C)C)cc3)=C(c3ccccc3)C2=O)c1C. The lowest BCUT2D eigenvalue weighted by atomic mass is 10.0. The van der Waals surface area contributed by atoms with Gasteiger partial charge in [0.2, 0.25) is 0 Å². The van der Waals surface area contributed by atoms with Crippen molar-refractivity contribution in [3.63, 3.8) is 0 Å². The molecule has 4 rings (SSSR count). The Balaban J connectivity index is 1.76. The molecule has 3 aromatic rings. The summed E-state index contributed by atoms with van der Waals surface area (Å²) in [5, 5.41) is 3.20. The molecule has 0 spiro atoms. The number of amides is 2. The van der Waals surface area contributed by atoms with Gasteiger partial charge in [-0.05, 0) is 74.7 Å². The van der Waals surface area contributed by atoms with Crippen molar-refractivity contribution >= 4 is 28.8 Å². The lowest BCUT2D eigenvalue weighted by Crippen LogP contribution is -2.33. The zero-order valence-electron chi connectivity index (χ0n) is 18.7. The second kappa shape index (κ2) is 8.71. The van der Waals surface area contributed by atoms with Crippen LogP contribution in [-0.2, 0) is 9.59 Å². The van der Waals surface area contributed by atoms with Crippen LogP contribution in [0.25, 0.3) is 5.57 Å². The highest BCUT2D eigenvalue weighted by Gasteiger charge is 2.40. The average Bonchev–Trinajstić information content (AvgIpc) is 3.01. The fourth-order valence-electron chi connectivity index (χ4n) is 3.75. The molecular weight excluding hydrogens is 400 g/mol. The van der Waals surface area contributed by atoms with Crippen LogP contribution >= 0.6 is 0 Å². The largest absolute Gasteiger partial charge is 0.491 e. The molecule has 162 valence electrons. The van der Waals surface area contributed by atoms with Gasteiger partial charge in [-0.15, -0.1) is 0 Å². The van der Waals surface area contributed by atoms with Crippen LogP contribution in [0.1, 0.15) is 30.5 Å². The van der Waals surface area contributed by atoms with E-state index in [-0.39, 0.29) is 23.6 Å². The summed E-state index contributed by atoms with van der Waals surface area (Å²) in [5.41, 5.74) is 4.54. The number of hydrogen-bond acceptors (Lipinski definition) is 4. The highest BCUT2D eigenvalue weighted by Crippen LogP contribution is 2.35. The maximum atomic E-state index is 13.5. The zero-order valence-corrected chi connectivity index (χ0v) is 18.7. The summed E-state index contributed by atoms with van der Waals surface area (Å²) >= 11 is 0. The van der Waals surface area contributed by atoms with E-state index < -0.39 is 0 Å². The summed E-state index contributed by atoms with van der Waals surface area (Å²) in [6.45, 7) is 7.82. The maximum absolute atomic E-state index is 13.5. The summed E-state index contributed by atoms with van der Waals surface area (Å²) in [5.74, 6) is 0.0378. The van der Waals surface area contributed by atoms with Crippen LogP contribution in [0.4, 0.5) is 11.4 Å². The fraction of sp³-hybridized carbons (Fsp3) is 0.185. The lowest BCUT2D eigenvalue weighted by Gasteiger charge is -2.19. The van der Waals surface area contributed by atoms with Crippen molar-refractivity contribution in [1.29, 1.82) is 0 Å². The van der Waals surface area contributed by atoms with Crippen LogP contribution in [0.5, 0.6) is 5.75 Å². The van der Waals surface area contributed by atoms with Crippen LogP contribution in [0, 0.1) is 13.8 Å². The van der Waals surface area contributed by atoms with Crippen LogP contribution in [0.2, 0.25) is 0 Å². The van der Waals surface area contributed by atoms with Gasteiger partial charge in [0.25, 0.3) is 11.8 Å². The van der Waals surface area contributed by atoms with Gasteiger partial charge >= 0.3 is 0 Å². The minimum Gasteiger partial charge on any atom is -0.491 e. The topological polar surface area (TPSA) is 58.6 Å². The first-order valence-electron chi connectivity index (χ1n) is 10.6. The Bertz CT molecular complexity index is 1200. The molecular formula is C27H26N2O3. The van der Waals surface area contributed by atoms with E-state index in [0.29, 0.717) is 22.5 Å². The number of ether oxygens (including phenoxy) is 1. The molecule has 0 unspecified atom stereocenters. The van der Waals surface area contributed by atoms with E-state index in [9.17, 15) is 9.59 Å². The summed E-state index contributed by atoms with van der Waals surface area (Å²) in [6.07, 6.45) is 0.0707. The van der Waals surface area contributed by atoms with Crippen molar-refractivity contribution in [3.8, 4) is 5.75 Å². The van der Waals surface area contributed by atoms with Crippen molar-refractivity contribution in [2.24, 2.45) is 0 Å². The summed E-state index contributed by atoms with van der Waals surface area (Å²) < 4.78 is 5.70. The van der Waals surface area contributed by atoms with Crippen molar-refractivity contribution in [1.82, 2.24) is 0 Å². The number of carbonyl (C=O) groups is 2. The molecule has 5 nitrogen and oxygen atoms in total. The van der Waals surface area contributed by atoms with Gasteiger partial charge < -0.3 is 10.1 Å². The molecule has 0 atom stereocenters. The Morgan fingerprint density at radius 1 is 0.812 bits per heavy atom. The Kier molecular flexibility index (Phi) is 5.82. The first kappa shape index (κ1) is 21.4. The molecule has 0 fully saturated rings. The average molecular weight is 427 g/mol. The van der Waals surface area contributed by atoms with Gasteiger partial charge in [-0.1, -0.05) is 42.5 Å². The monoisotopic (exact) mass is 426 g/mol. The minimum absolute atomic E-state index is 0.0707. The molecule has 5 heteroatoms. The lowest BCUT2D eigenvalue weighted by molar-refractivity contribution is -0.120. The number of aryl methyl sites for hydroxylation is 1. The number of imide groups is 1. The van der Waals surface area contributed by atoms with E-state index >= 15 is 0 Å². The molecule has 3 aromatic carbocycles. The smallest absolute Gasteiger partial charge is 0.282 e. The molecule has 0 aromatic heterocycles. The Morgan fingerprint density at radius 2 is 1.50 bits per heavy atom. The molecule has 0 saturated heterocycles. The number of carbonyl (C=O) groups excluding carboxylic acids is 2. The van der Waals surface area contributed by atoms with Gasteiger partial charge in [-0.25, -0.2) is 4.90 Å². The number of benzene rings is 3. The van der Waals surface area contributed by atoms with Crippen LogP contribution in [0.3, 0.4) is 0 Å². The first-order chi connectivity index (χ1) is 15.4. The standard InChI is InChI=1S/C27H26N2O3/c1-17(2)32-22-15-13-21(14-16-22)28-25-24(20-10-6-5-7-11-20)26(30)29(27(25)31)23-12-8-9-18(3)19(23)4/h5-17,28H,1-4H3. The number of rotatable bonds is 6. The summed E-state index contributed by atoms with van der Waals surface area (Å²) in [7, 11) is 0. The van der Waals surface area contributed by atoms with Crippen molar-refractivity contribution < 1.29 is 14.3 Å². The normalized spacial score (nSPS) is 13.8. The highest BCUT2D eigenvalue weighted by molar-refractivity contribution is 6.46. The molecule has 1 aliphatic heterocycles. The molecule has 0 saturated carbocycles. The number of nitrogens with one attached hydrogen (secondary N) is 1. The van der Waals surface area contributed by atoms with Gasteiger partial charge in [0.1, 0.15) is 11.4 Å². The Hall–Kier alpha value is -3.86.